The van der Waals surface area contributed by atoms with Crippen LogP contribution in [0.1, 0.15) is 34.6 Å². The second-order valence-electron chi connectivity index (χ2n) is 9.04. The number of carbonyl (C=O) groups excluding carboxylic acids is 1. The molecule has 3 heterocycles. The van der Waals surface area contributed by atoms with Crippen LogP contribution in [0.15, 0.2) is 48.1 Å². The third-order valence-corrected chi connectivity index (χ3v) is 5.65. The lowest BCUT2D eigenvalue weighted by atomic mass is 10.0. The Morgan fingerprint density at radius 1 is 1.15 bits per heavy atom. The molecule has 0 saturated heterocycles. The highest BCUT2D eigenvalue weighted by molar-refractivity contribution is 7.15. The zero-order valence-corrected chi connectivity index (χ0v) is 20.0. The molecule has 0 amide bonds. The molecule has 1 aromatic carbocycles. The summed E-state index contributed by atoms with van der Waals surface area (Å²) < 4.78 is 21.0. The molecule has 0 aliphatic rings. The Labute approximate surface area is 195 Å². The fourth-order valence-electron chi connectivity index (χ4n) is 3.40. The standard InChI is InChI=1S/C24H26FN5O2S/c1-14(2)18(21(31)32-24(3,4)5)28-22-26-11-10-17(27-22)20-19(15-6-8-16(25)9-7-15)29-23-30(20)12-13-33-23/h6-14,18H,1-5H3,(H,26,27,28)/t18-/m1/s1. The van der Waals surface area contributed by atoms with Gasteiger partial charge in [0.25, 0.3) is 0 Å². The number of imidazole rings is 1. The molecule has 0 unspecified atom stereocenters. The molecule has 7 nitrogen and oxygen atoms in total. The van der Waals surface area contributed by atoms with Gasteiger partial charge in [-0.2, -0.15) is 0 Å². The van der Waals surface area contributed by atoms with Crippen LogP contribution in [0.2, 0.25) is 0 Å². The van der Waals surface area contributed by atoms with Gasteiger partial charge in [0.1, 0.15) is 23.2 Å². The van der Waals surface area contributed by atoms with Crippen LogP contribution in [-0.4, -0.2) is 37.0 Å². The molecule has 1 atom stereocenters. The number of ether oxygens (including phenoxy) is 1. The van der Waals surface area contributed by atoms with Gasteiger partial charge in [-0.15, -0.1) is 11.3 Å². The Balaban J connectivity index is 1.72. The van der Waals surface area contributed by atoms with Gasteiger partial charge in [0.15, 0.2) is 4.96 Å². The van der Waals surface area contributed by atoms with E-state index in [9.17, 15) is 9.18 Å². The maximum Gasteiger partial charge on any atom is 0.329 e. The number of halogens is 1. The van der Waals surface area contributed by atoms with Gasteiger partial charge < -0.3 is 10.1 Å². The van der Waals surface area contributed by atoms with Crippen LogP contribution in [0.5, 0.6) is 0 Å². The van der Waals surface area contributed by atoms with Gasteiger partial charge in [-0.3, -0.25) is 4.40 Å². The Hall–Kier alpha value is -3.33. The monoisotopic (exact) mass is 467 g/mol. The average molecular weight is 468 g/mol. The van der Waals surface area contributed by atoms with Crippen molar-refractivity contribution < 1.29 is 13.9 Å². The quantitative estimate of drug-likeness (QED) is 0.381. The van der Waals surface area contributed by atoms with Crippen LogP contribution in [0.3, 0.4) is 0 Å². The molecular weight excluding hydrogens is 441 g/mol. The molecule has 33 heavy (non-hydrogen) atoms. The minimum atomic E-state index is -0.609. The SMILES string of the molecule is CC(C)[C@@H](Nc1nccc(-c2c(-c3ccc(F)cc3)nc3sccn23)n1)C(=O)OC(C)(C)C. The van der Waals surface area contributed by atoms with E-state index >= 15 is 0 Å². The van der Waals surface area contributed by atoms with Crippen molar-refractivity contribution in [2.24, 2.45) is 5.92 Å². The molecule has 9 heteroatoms. The van der Waals surface area contributed by atoms with Crippen molar-refractivity contribution in [1.82, 2.24) is 19.4 Å². The molecule has 0 bridgehead atoms. The number of rotatable bonds is 6. The first-order valence-corrected chi connectivity index (χ1v) is 11.5. The molecule has 0 fully saturated rings. The van der Waals surface area contributed by atoms with Crippen molar-refractivity contribution in [1.29, 1.82) is 0 Å². The fourth-order valence-corrected chi connectivity index (χ4v) is 4.12. The number of carbonyl (C=O) groups is 1. The van der Waals surface area contributed by atoms with Crippen molar-refractivity contribution in [3.63, 3.8) is 0 Å². The number of esters is 1. The highest BCUT2D eigenvalue weighted by Gasteiger charge is 2.29. The number of aromatic nitrogens is 4. The predicted octanol–water partition coefficient (Wildman–Crippen LogP) is 5.44. The molecule has 3 aromatic heterocycles. The second kappa shape index (κ2) is 8.90. The molecule has 0 spiro atoms. The summed E-state index contributed by atoms with van der Waals surface area (Å²) in [5, 5.41) is 5.08. The summed E-state index contributed by atoms with van der Waals surface area (Å²) in [4.78, 5) is 27.3. The number of hydrogen-bond donors (Lipinski definition) is 1. The van der Waals surface area contributed by atoms with E-state index in [1.807, 2.05) is 50.6 Å². The van der Waals surface area contributed by atoms with Crippen LogP contribution in [0, 0.1) is 11.7 Å². The third-order valence-electron chi connectivity index (χ3n) is 4.89. The van der Waals surface area contributed by atoms with Gasteiger partial charge in [-0.1, -0.05) is 13.8 Å². The van der Waals surface area contributed by atoms with E-state index in [4.69, 9.17) is 9.72 Å². The number of fused-ring (bicyclic) bond motifs is 1. The first-order chi connectivity index (χ1) is 15.6. The van der Waals surface area contributed by atoms with Crippen LogP contribution >= 0.6 is 11.3 Å². The molecule has 0 aliphatic heterocycles. The van der Waals surface area contributed by atoms with Crippen LogP contribution in [-0.2, 0) is 9.53 Å². The molecule has 0 saturated carbocycles. The van der Waals surface area contributed by atoms with Gasteiger partial charge in [-0.25, -0.2) is 24.1 Å². The molecule has 4 rings (SSSR count). The van der Waals surface area contributed by atoms with E-state index in [1.54, 1.807) is 24.4 Å². The minimum Gasteiger partial charge on any atom is -0.458 e. The fraction of sp³-hybridized carbons (Fsp3) is 0.333. The van der Waals surface area contributed by atoms with E-state index in [1.165, 1.54) is 23.5 Å². The van der Waals surface area contributed by atoms with E-state index < -0.39 is 11.6 Å². The van der Waals surface area contributed by atoms with Gasteiger partial charge in [0.05, 0.1) is 11.4 Å². The Morgan fingerprint density at radius 3 is 2.55 bits per heavy atom. The number of nitrogens with one attached hydrogen (secondary N) is 1. The zero-order chi connectivity index (χ0) is 23.8. The van der Waals surface area contributed by atoms with Gasteiger partial charge >= 0.3 is 5.97 Å². The number of hydrogen-bond acceptors (Lipinski definition) is 7. The minimum absolute atomic E-state index is 0.0413. The highest BCUT2D eigenvalue weighted by atomic mass is 32.1. The molecular formula is C24H26FN5O2S. The largest absolute Gasteiger partial charge is 0.458 e. The number of nitrogens with zero attached hydrogens (tertiary/aromatic N) is 4. The van der Waals surface area contributed by atoms with E-state index in [0.29, 0.717) is 17.3 Å². The maximum atomic E-state index is 13.5. The van der Waals surface area contributed by atoms with Crippen molar-refractivity contribution in [2.75, 3.05) is 5.32 Å². The smallest absolute Gasteiger partial charge is 0.329 e. The normalized spacial score (nSPS) is 12.8. The van der Waals surface area contributed by atoms with Crippen LogP contribution in [0.25, 0.3) is 27.6 Å². The zero-order valence-electron chi connectivity index (χ0n) is 19.2. The van der Waals surface area contributed by atoms with E-state index in [-0.39, 0.29) is 17.7 Å². The summed E-state index contributed by atoms with van der Waals surface area (Å²) in [6.45, 7) is 9.38. The van der Waals surface area contributed by atoms with E-state index in [2.05, 4.69) is 15.3 Å². The summed E-state index contributed by atoms with van der Waals surface area (Å²) in [5.74, 6) is -0.396. The first kappa shape index (κ1) is 22.8. The molecule has 0 aliphatic carbocycles. The Morgan fingerprint density at radius 2 is 1.88 bits per heavy atom. The van der Waals surface area contributed by atoms with Gasteiger partial charge in [0, 0.05) is 23.3 Å². The number of benzene rings is 1. The lowest BCUT2D eigenvalue weighted by Gasteiger charge is -2.26. The van der Waals surface area contributed by atoms with Crippen molar-refractivity contribution >= 4 is 28.2 Å². The van der Waals surface area contributed by atoms with Crippen molar-refractivity contribution in [3.8, 4) is 22.6 Å². The highest BCUT2D eigenvalue weighted by Crippen LogP contribution is 2.33. The summed E-state index contributed by atoms with van der Waals surface area (Å²) in [7, 11) is 0. The lowest BCUT2D eigenvalue weighted by Crippen LogP contribution is -2.40. The lowest BCUT2D eigenvalue weighted by molar-refractivity contribution is -0.156. The molecule has 0 radical (unpaired) electrons. The Kier molecular flexibility index (Phi) is 6.16. The first-order valence-electron chi connectivity index (χ1n) is 10.7. The summed E-state index contributed by atoms with van der Waals surface area (Å²) in [5.41, 5.74) is 2.27. The Bertz CT molecular complexity index is 1270. The van der Waals surface area contributed by atoms with Crippen LogP contribution < -0.4 is 5.32 Å². The molecule has 1 N–H and O–H groups in total. The summed E-state index contributed by atoms with van der Waals surface area (Å²) in [6.07, 6.45) is 3.56. The predicted molar refractivity (Wildman–Crippen MR) is 128 cm³/mol. The maximum absolute atomic E-state index is 13.5. The van der Waals surface area contributed by atoms with E-state index in [0.717, 1.165) is 16.2 Å². The summed E-state index contributed by atoms with van der Waals surface area (Å²) in [6, 6.07) is 7.40. The third kappa shape index (κ3) is 5.03. The summed E-state index contributed by atoms with van der Waals surface area (Å²) >= 11 is 1.50. The average Bonchev–Trinajstić information content (AvgIpc) is 3.32. The topological polar surface area (TPSA) is 81.4 Å². The number of thiazole rings is 1. The van der Waals surface area contributed by atoms with Gasteiger partial charge in [0.2, 0.25) is 5.95 Å². The second-order valence-corrected chi connectivity index (χ2v) is 9.91. The molecule has 4 aromatic rings. The molecule has 172 valence electrons. The van der Waals surface area contributed by atoms with Crippen molar-refractivity contribution in [3.05, 3.63) is 53.9 Å². The van der Waals surface area contributed by atoms with Gasteiger partial charge in [-0.05, 0) is 57.0 Å². The number of anilines is 1. The van der Waals surface area contributed by atoms with Crippen molar-refractivity contribution in [2.45, 2.75) is 46.3 Å². The van der Waals surface area contributed by atoms with Crippen LogP contribution in [0.4, 0.5) is 10.3 Å².